The number of hydrogen-bond donors (Lipinski definition) is 0. The Morgan fingerprint density at radius 3 is 2.90 bits per heavy atom. The van der Waals surface area contributed by atoms with Crippen molar-refractivity contribution >= 4 is 37.5 Å². The van der Waals surface area contributed by atoms with Crippen LogP contribution in [0.15, 0.2) is 22.7 Å². The molecule has 0 saturated carbocycles. The van der Waals surface area contributed by atoms with E-state index in [4.69, 9.17) is 0 Å². The van der Waals surface area contributed by atoms with E-state index in [1.807, 2.05) is 0 Å². The van der Waals surface area contributed by atoms with Crippen LogP contribution in [-0.2, 0) is 5.33 Å². The molecule has 0 aromatic heterocycles. The van der Waals surface area contributed by atoms with Gasteiger partial charge in [0.2, 0.25) is 0 Å². The van der Waals surface area contributed by atoms with Crippen molar-refractivity contribution in [2.75, 3.05) is 24.5 Å². The van der Waals surface area contributed by atoms with Gasteiger partial charge in [-0.3, -0.25) is 4.90 Å². The maximum Gasteiger partial charge on any atom is 0.0422 e. The molecule has 2 unspecified atom stereocenters. The Hall–Kier alpha value is -0.0600. The summed E-state index contributed by atoms with van der Waals surface area (Å²) < 4.78 is 1.18. The maximum absolute atomic E-state index is 3.64. The van der Waals surface area contributed by atoms with Crippen LogP contribution < -0.4 is 4.90 Å². The van der Waals surface area contributed by atoms with E-state index in [1.165, 1.54) is 54.6 Å². The summed E-state index contributed by atoms with van der Waals surface area (Å²) in [5.41, 5.74) is 2.79. The van der Waals surface area contributed by atoms with Crippen LogP contribution in [0.5, 0.6) is 0 Å². The van der Waals surface area contributed by atoms with E-state index in [2.05, 4.69) is 66.8 Å². The summed E-state index contributed by atoms with van der Waals surface area (Å²) >= 11 is 7.26. The first-order valence-corrected chi connectivity index (χ1v) is 9.45. The van der Waals surface area contributed by atoms with Crippen LogP contribution in [0.25, 0.3) is 0 Å². The molecule has 2 heterocycles. The lowest BCUT2D eigenvalue weighted by atomic mass is 9.96. The number of halogens is 2. The Morgan fingerprint density at radius 1 is 1.25 bits per heavy atom. The lowest BCUT2D eigenvalue weighted by Crippen LogP contribution is -2.59. The van der Waals surface area contributed by atoms with E-state index < -0.39 is 0 Å². The zero-order valence-electron chi connectivity index (χ0n) is 12.0. The van der Waals surface area contributed by atoms with Gasteiger partial charge in [-0.15, -0.1) is 0 Å². The van der Waals surface area contributed by atoms with E-state index >= 15 is 0 Å². The SMILES string of the molecule is CC1CN2CCCCC2CN1c1cc(Br)ccc1CBr. The van der Waals surface area contributed by atoms with Gasteiger partial charge in [0.05, 0.1) is 0 Å². The molecule has 2 fully saturated rings. The number of alkyl halides is 1. The number of piperidine rings is 1. The molecule has 1 aromatic rings. The van der Waals surface area contributed by atoms with Gasteiger partial charge in [0.1, 0.15) is 0 Å². The zero-order valence-corrected chi connectivity index (χ0v) is 15.2. The molecular weight excluding hydrogens is 380 g/mol. The minimum Gasteiger partial charge on any atom is -0.366 e. The molecule has 2 atom stereocenters. The molecule has 110 valence electrons. The Kier molecular flexibility index (Phi) is 4.73. The molecule has 2 nitrogen and oxygen atoms in total. The lowest BCUT2D eigenvalue weighted by molar-refractivity contribution is 0.115. The van der Waals surface area contributed by atoms with Crippen molar-refractivity contribution in [2.45, 2.75) is 43.6 Å². The van der Waals surface area contributed by atoms with Gasteiger partial charge in [-0.1, -0.05) is 44.3 Å². The van der Waals surface area contributed by atoms with Crippen molar-refractivity contribution in [2.24, 2.45) is 0 Å². The number of benzene rings is 1. The molecule has 0 amide bonds. The van der Waals surface area contributed by atoms with Crippen molar-refractivity contribution in [3.05, 3.63) is 28.2 Å². The highest BCUT2D eigenvalue weighted by Gasteiger charge is 2.33. The molecule has 3 rings (SSSR count). The fourth-order valence-corrected chi connectivity index (χ4v) is 4.43. The van der Waals surface area contributed by atoms with E-state index in [1.54, 1.807) is 0 Å². The van der Waals surface area contributed by atoms with Crippen molar-refractivity contribution in [3.8, 4) is 0 Å². The minimum absolute atomic E-state index is 0.594. The number of nitrogens with zero attached hydrogens (tertiary/aromatic N) is 2. The number of anilines is 1. The molecule has 2 aliphatic rings. The predicted molar refractivity (Wildman–Crippen MR) is 92.8 cm³/mol. The van der Waals surface area contributed by atoms with Crippen molar-refractivity contribution in [1.82, 2.24) is 4.90 Å². The van der Waals surface area contributed by atoms with Crippen LogP contribution in [0, 0.1) is 0 Å². The Morgan fingerprint density at radius 2 is 2.10 bits per heavy atom. The second kappa shape index (κ2) is 6.37. The number of hydrogen-bond acceptors (Lipinski definition) is 2. The number of piperazine rings is 1. The normalized spacial score (nSPS) is 27.4. The van der Waals surface area contributed by atoms with Gasteiger partial charge in [-0.25, -0.2) is 0 Å². The molecule has 2 saturated heterocycles. The molecule has 0 aliphatic carbocycles. The van der Waals surface area contributed by atoms with Gasteiger partial charge in [0.25, 0.3) is 0 Å². The third kappa shape index (κ3) is 2.93. The Bertz CT molecular complexity index is 478. The van der Waals surface area contributed by atoms with Crippen molar-refractivity contribution < 1.29 is 0 Å². The summed E-state index contributed by atoms with van der Waals surface area (Å²) in [5.74, 6) is 0. The monoisotopic (exact) mass is 400 g/mol. The second-order valence-electron chi connectivity index (χ2n) is 6.05. The summed E-state index contributed by atoms with van der Waals surface area (Å²) in [5, 5.41) is 0.924. The van der Waals surface area contributed by atoms with Gasteiger partial charge in [0.15, 0.2) is 0 Å². The highest BCUT2D eigenvalue weighted by Crippen LogP contribution is 2.33. The van der Waals surface area contributed by atoms with Gasteiger partial charge < -0.3 is 4.90 Å². The molecule has 0 bridgehead atoms. The standard InChI is InChI=1S/C16H22Br2N2/c1-12-10-19-7-3-2-4-15(19)11-20(12)16-8-14(18)6-5-13(16)9-17/h5-6,8,12,15H,2-4,7,9-11H2,1H3. The highest BCUT2D eigenvalue weighted by molar-refractivity contribution is 9.10. The van der Waals surface area contributed by atoms with E-state index in [-0.39, 0.29) is 0 Å². The summed E-state index contributed by atoms with van der Waals surface area (Å²) in [6, 6.07) is 8.00. The average Bonchev–Trinajstić information content (AvgIpc) is 2.46. The van der Waals surface area contributed by atoms with E-state index in [0.29, 0.717) is 6.04 Å². The smallest absolute Gasteiger partial charge is 0.0422 e. The highest BCUT2D eigenvalue weighted by atomic mass is 79.9. The molecule has 0 spiro atoms. The van der Waals surface area contributed by atoms with Crippen LogP contribution in [0.3, 0.4) is 0 Å². The van der Waals surface area contributed by atoms with Gasteiger partial charge in [0, 0.05) is 40.7 Å². The lowest BCUT2D eigenvalue weighted by Gasteiger charge is -2.49. The number of rotatable bonds is 2. The topological polar surface area (TPSA) is 6.48 Å². The van der Waals surface area contributed by atoms with Gasteiger partial charge in [-0.05, 0) is 44.0 Å². The first-order valence-electron chi connectivity index (χ1n) is 7.54. The van der Waals surface area contributed by atoms with Crippen LogP contribution >= 0.6 is 31.9 Å². The molecule has 2 aliphatic heterocycles. The maximum atomic E-state index is 3.64. The molecule has 20 heavy (non-hydrogen) atoms. The zero-order chi connectivity index (χ0) is 14.1. The molecular formula is C16H22Br2N2. The molecule has 0 radical (unpaired) electrons. The minimum atomic E-state index is 0.594. The molecule has 4 heteroatoms. The van der Waals surface area contributed by atoms with Crippen molar-refractivity contribution in [3.63, 3.8) is 0 Å². The van der Waals surface area contributed by atoms with E-state index in [9.17, 15) is 0 Å². The summed E-state index contributed by atoms with van der Waals surface area (Å²) in [6.45, 7) is 6.05. The third-order valence-electron chi connectivity index (χ3n) is 4.69. The quantitative estimate of drug-likeness (QED) is 0.677. The third-order valence-corrected chi connectivity index (χ3v) is 5.79. The fraction of sp³-hybridized carbons (Fsp3) is 0.625. The van der Waals surface area contributed by atoms with E-state index in [0.717, 1.165) is 11.4 Å². The summed E-state index contributed by atoms with van der Waals surface area (Å²) in [4.78, 5) is 5.32. The van der Waals surface area contributed by atoms with Gasteiger partial charge in [-0.2, -0.15) is 0 Å². The fourth-order valence-electron chi connectivity index (χ4n) is 3.61. The molecule has 1 aromatic carbocycles. The molecule has 0 N–H and O–H groups in total. The predicted octanol–water partition coefficient (Wildman–Crippen LogP) is 4.41. The Balaban J connectivity index is 1.87. The van der Waals surface area contributed by atoms with Crippen molar-refractivity contribution in [1.29, 1.82) is 0 Å². The first-order chi connectivity index (χ1) is 9.69. The van der Waals surface area contributed by atoms with Crippen LogP contribution in [0.4, 0.5) is 5.69 Å². The summed E-state index contributed by atoms with van der Waals surface area (Å²) in [6.07, 6.45) is 4.14. The Labute approximate surface area is 138 Å². The largest absolute Gasteiger partial charge is 0.366 e. The van der Waals surface area contributed by atoms with Gasteiger partial charge >= 0.3 is 0 Å². The van der Waals surface area contributed by atoms with Crippen LogP contribution in [-0.4, -0.2) is 36.6 Å². The number of fused-ring (bicyclic) bond motifs is 1. The van der Waals surface area contributed by atoms with Crippen LogP contribution in [0.1, 0.15) is 31.7 Å². The second-order valence-corrected chi connectivity index (χ2v) is 7.53. The summed E-state index contributed by atoms with van der Waals surface area (Å²) in [7, 11) is 0. The first kappa shape index (κ1) is 14.9. The van der Waals surface area contributed by atoms with Crippen LogP contribution in [0.2, 0.25) is 0 Å². The average molecular weight is 402 g/mol.